The Morgan fingerprint density at radius 3 is 2.50 bits per heavy atom. The molecule has 0 saturated heterocycles. The molecule has 7 nitrogen and oxygen atoms in total. The van der Waals surface area contributed by atoms with Gasteiger partial charge in [-0.1, -0.05) is 11.6 Å². The number of rotatable bonds is 4. The number of hydrogen-bond donors (Lipinski definition) is 2. The Balaban J connectivity index is 1.51. The van der Waals surface area contributed by atoms with Crippen LogP contribution in [-0.2, 0) is 6.18 Å². The summed E-state index contributed by atoms with van der Waals surface area (Å²) in [4.78, 5) is 30.4. The van der Waals surface area contributed by atoms with E-state index in [-0.39, 0.29) is 33.5 Å². The molecule has 1 aliphatic heterocycles. The van der Waals surface area contributed by atoms with Crippen LogP contribution in [0.4, 0.5) is 32.0 Å². The summed E-state index contributed by atoms with van der Waals surface area (Å²) in [5.41, 5.74) is -0.635. The number of halogens is 7. The lowest BCUT2D eigenvalue weighted by Crippen LogP contribution is -2.21. The molecule has 0 saturated carbocycles. The topological polar surface area (TPSA) is 88.4 Å². The molecule has 2 amide bonds. The molecule has 5 aromatic rings. The molecule has 1 atom stereocenters. The maximum atomic E-state index is 14.2. The minimum Gasteiger partial charge on any atom is -0.341 e. The molecule has 0 spiro atoms. The summed E-state index contributed by atoms with van der Waals surface area (Å²) >= 11 is 6.19. The third kappa shape index (κ3) is 4.81. The van der Waals surface area contributed by atoms with Crippen molar-refractivity contribution < 1.29 is 35.9 Å². The predicted octanol–water partition coefficient (Wildman–Crippen LogP) is 6.57. The predicted molar refractivity (Wildman–Crippen MR) is 138 cm³/mol. The maximum Gasteiger partial charge on any atom is 0.416 e. The van der Waals surface area contributed by atoms with Crippen LogP contribution in [0.15, 0.2) is 67.1 Å². The van der Waals surface area contributed by atoms with Gasteiger partial charge >= 0.3 is 6.18 Å². The van der Waals surface area contributed by atoms with Gasteiger partial charge in [-0.2, -0.15) is 18.3 Å². The number of fused-ring (bicyclic) bond motifs is 2. The fraction of sp³-hybridized carbons (Fsp3) is 0.0714. The molecule has 2 aromatic heterocycles. The van der Waals surface area contributed by atoms with E-state index in [2.05, 4.69) is 20.7 Å². The van der Waals surface area contributed by atoms with Crippen LogP contribution >= 0.6 is 11.6 Å². The summed E-state index contributed by atoms with van der Waals surface area (Å²) in [5, 5.41) is 8.91. The van der Waals surface area contributed by atoms with E-state index >= 15 is 0 Å². The number of carbonyl (C=O) groups is 2. The van der Waals surface area contributed by atoms with Gasteiger partial charge in [0.05, 0.1) is 11.6 Å². The van der Waals surface area contributed by atoms with Crippen LogP contribution in [0.5, 0.6) is 0 Å². The number of nitrogens with zero attached hydrogens (tertiary/aromatic N) is 3. The zero-order chi connectivity index (χ0) is 29.9. The van der Waals surface area contributed by atoms with Crippen molar-refractivity contribution in [1.29, 1.82) is 0 Å². The molecule has 212 valence electrons. The molecule has 2 N–H and O–H groups in total. The third-order valence-electron chi connectivity index (χ3n) is 6.68. The summed E-state index contributed by atoms with van der Waals surface area (Å²) in [7, 11) is 0. The summed E-state index contributed by atoms with van der Waals surface area (Å²) in [6, 6.07) is 7.90. The van der Waals surface area contributed by atoms with Crippen LogP contribution in [0.1, 0.15) is 43.4 Å². The molecule has 0 radical (unpaired) electrons. The van der Waals surface area contributed by atoms with E-state index in [1.54, 1.807) is 18.3 Å². The van der Waals surface area contributed by atoms with Gasteiger partial charge in [-0.15, -0.1) is 0 Å². The number of amides is 2. The van der Waals surface area contributed by atoms with Crippen LogP contribution < -0.4 is 10.6 Å². The van der Waals surface area contributed by atoms with E-state index in [0.29, 0.717) is 28.9 Å². The smallest absolute Gasteiger partial charge is 0.341 e. The lowest BCUT2D eigenvalue weighted by atomic mass is 9.93. The number of aromatic nitrogens is 3. The van der Waals surface area contributed by atoms with Gasteiger partial charge < -0.3 is 10.6 Å². The molecule has 0 unspecified atom stereocenters. The Labute approximate surface area is 236 Å². The van der Waals surface area contributed by atoms with Crippen molar-refractivity contribution >= 4 is 34.7 Å². The van der Waals surface area contributed by atoms with Crippen LogP contribution in [0.25, 0.3) is 16.8 Å². The summed E-state index contributed by atoms with van der Waals surface area (Å²) in [6.07, 6.45) is -2.01. The van der Waals surface area contributed by atoms with Crippen molar-refractivity contribution in [1.82, 2.24) is 19.9 Å². The zero-order valence-electron chi connectivity index (χ0n) is 20.7. The highest BCUT2D eigenvalue weighted by Gasteiger charge is 2.36. The van der Waals surface area contributed by atoms with E-state index in [4.69, 9.17) is 11.6 Å². The van der Waals surface area contributed by atoms with Gasteiger partial charge in [-0.25, -0.2) is 22.7 Å². The number of carbonyl (C=O) groups excluding carboxylic acids is 2. The van der Waals surface area contributed by atoms with Crippen molar-refractivity contribution in [3.05, 3.63) is 117 Å². The monoisotopic (exact) mass is 601 g/mol. The largest absolute Gasteiger partial charge is 0.416 e. The minimum absolute atomic E-state index is 0.0162. The van der Waals surface area contributed by atoms with E-state index < -0.39 is 52.6 Å². The molecule has 0 aliphatic carbocycles. The fourth-order valence-electron chi connectivity index (χ4n) is 4.76. The first kappa shape index (κ1) is 27.3. The first-order chi connectivity index (χ1) is 19.9. The highest BCUT2D eigenvalue weighted by atomic mass is 35.5. The number of benzene rings is 3. The van der Waals surface area contributed by atoms with Crippen LogP contribution in [-0.4, -0.2) is 26.4 Å². The Bertz CT molecular complexity index is 1940. The second kappa shape index (κ2) is 9.87. The second-order valence-corrected chi connectivity index (χ2v) is 9.75. The molecule has 42 heavy (non-hydrogen) atoms. The number of pyridine rings is 1. The molecule has 3 heterocycles. The molecular weight excluding hydrogens is 588 g/mol. The van der Waals surface area contributed by atoms with Crippen LogP contribution in [0, 0.1) is 17.5 Å². The van der Waals surface area contributed by atoms with E-state index in [1.165, 1.54) is 23.0 Å². The average Bonchev–Trinajstić information content (AvgIpc) is 3.53. The zero-order valence-corrected chi connectivity index (χ0v) is 21.5. The Hall–Kier alpha value is -4.91. The Morgan fingerprint density at radius 2 is 1.74 bits per heavy atom. The second-order valence-electron chi connectivity index (χ2n) is 9.34. The number of nitrogens with one attached hydrogen (secondary N) is 2. The number of hydrogen-bond acceptors (Lipinski definition) is 4. The van der Waals surface area contributed by atoms with Crippen molar-refractivity contribution in [2.75, 3.05) is 5.32 Å². The lowest BCUT2D eigenvalue weighted by Gasteiger charge is -2.19. The summed E-state index contributed by atoms with van der Waals surface area (Å²) < 4.78 is 83.5. The molecule has 1 aliphatic rings. The van der Waals surface area contributed by atoms with Gasteiger partial charge in [0.15, 0.2) is 17.3 Å². The van der Waals surface area contributed by atoms with Crippen molar-refractivity contribution in [3.8, 4) is 11.1 Å². The van der Waals surface area contributed by atoms with E-state index in [9.17, 15) is 35.9 Å². The van der Waals surface area contributed by atoms with Crippen LogP contribution in [0.2, 0.25) is 5.02 Å². The van der Waals surface area contributed by atoms with Gasteiger partial charge in [-0.3, -0.25) is 9.59 Å². The van der Waals surface area contributed by atoms with E-state index in [1.807, 2.05) is 0 Å². The van der Waals surface area contributed by atoms with Crippen molar-refractivity contribution in [2.24, 2.45) is 0 Å². The van der Waals surface area contributed by atoms with Gasteiger partial charge in [-0.05, 0) is 60.2 Å². The molecule has 0 fully saturated rings. The minimum atomic E-state index is -4.93. The first-order valence-corrected chi connectivity index (χ1v) is 12.4. The maximum absolute atomic E-state index is 14.2. The molecule has 6 rings (SSSR count). The Kier molecular flexibility index (Phi) is 6.41. The number of alkyl halides is 3. The molecule has 0 bridgehead atoms. The SMILES string of the molecule is O=C(Nc1cc(-c2ccc3ncnn3c2)cc2c1[C@@H](c1cc(F)c(F)cc1Cl)NC2=O)c1cc(F)cc(C(F)(F)F)c1. The lowest BCUT2D eigenvalue weighted by molar-refractivity contribution is -0.137. The first-order valence-electron chi connectivity index (χ1n) is 12.0. The van der Waals surface area contributed by atoms with Gasteiger partial charge in [0, 0.05) is 44.7 Å². The third-order valence-corrected chi connectivity index (χ3v) is 7.01. The standard InChI is InChI=1S/C28H14ClF6N5O2/c29-19-9-21(32)20(31)8-17(19)25-24-18(27(42)39-25)5-13(12-1-2-23-36-11-37-40(23)10-12)6-22(24)38-26(41)14-3-15(28(33,34)35)7-16(30)4-14/h1-11,25H,(H,38,41)(H,39,42)/t25-/m1/s1. The number of anilines is 1. The van der Waals surface area contributed by atoms with Gasteiger partial charge in [0.1, 0.15) is 12.1 Å². The fourth-order valence-corrected chi connectivity index (χ4v) is 5.02. The highest BCUT2D eigenvalue weighted by molar-refractivity contribution is 6.31. The average molecular weight is 602 g/mol. The molecular formula is C28H14ClF6N5O2. The highest BCUT2D eigenvalue weighted by Crippen LogP contribution is 2.42. The quantitative estimate of drug-likeness (QED) is 0.180. The summed E-state index contributed by atoms with van der Waals surface area (Å²) in [5.74, 6) is -5.55. The Morgan fingerprint density at radius 1 is 0.976 bits per heavy atom. The van der Waals surface area contributed by atoms with E-state index in [0.717, 1.165) is 12.1 Å². The van der Waals surface area contributed by atoms with Crippen molar-refractivity contribution in [2.45, 2.75) is 12.2 Å². The summed E-state index contributed by atoms with van der Waals surface area (Å²) in [6.45, 7) is 0. The molecule has 3 aromatic carbocycles. The van der Waals surface area contributed by atoms with Gasteiger partial charge in [0.2, 0.25) is 0 Å². The van der Waals surface area contributed by atoms with Crippen molar-refractivity contribution in [3.63, 3.8) is 0 Å². The van der Waals surface area contributed by atoms with Crippen LogP contribution in [0.3, 0.4) is 0 Å². The molecule has 14 heteroatoms. The van der Waals surface area contributed by atoms with Gasteiger partial charge in [0.25, 0.3) is 11.8 Å². The normalized spacial score (nSPS) is 14.6.